The Kier molecular flexibility index (Phi) is 5.84. The lowest BCUT2D eigenvalue weighted by molar-refractivity contribution is -0.577. The standard InChI is InChI=1S/C24H23ClN4O3/c1-4-12-28-22(30)20(21(24(28)32)27-13-6-7-15(3)14-27)19-18(5-2)26-29(23(19)31)17-10-8-16(25)9-11-17/h6-11,13-14H,4-5,12H2,1-3H3. The molecule has 1 aromatic carbocycles. The zero-order valence-electron chi connectivity index (χ0n) is 18.1. The number of rotatable bonds is 6. The van der Waals surface area contributed by atoms with Gasteiger partial charge < -0.3 is 5.11 Å². The van der Waals surface area contributed by atoms with Crippen LogP contribution in [-0.2, 0) is 16.0 Å². The Hall–Kier alpha value is -3.45. The highest BCUT2D eigenvalue weighted by atomic mass is 35.5. The number of aromatic nitrogens is 3. The van der Waals surface area contributed by atoms with Crippen LogP contribution in [0.5, 0.6) is 5.88 Å². The Labute approximate surface area is 191 Å². The van der Waals surface area contributed by atoms with Crippen LogP contribution < -0.4 is 9.67 Å². The van der Waals surface area contributed by atoms with Crippen molar-refractivity contribution in [2.75, 3.05) is 6.54 Å². The van der Waals surface area contributed by atoms with Crippen LogP contribution in [0, 0.1) is 6.92 Å². The summed E-state index contributed by atoms with van der Waals surface area (Å²) >= 11 is 5.98. The quantitative estimate of drug-likeness (QED) is 0.427. The van der Waals surface area contributed by atoms with Gasteiger partial charge in [-0.05, 0) is 56.0 Å². The largest absolute Gasteiger partial charge is 0.858 e. The molecule has 1 aliphatic heterocycles. The number of benzene rings is 1. The highest BCUT2D eigenvalue weighted by Crippen LogP contribution is 2.37. The number of carbonyl (C=O) groups excluding carboxylic acids is 2. The summed E-state index contributed by atoms with van der Waals surface area (Å²) < 4.78 is 2.88. The molecule has 3 aromatic rings. The second kappa shape index (κ2) is 8.59. The van der Waals surface area contributed by atoms with Crippen LogP contribution >= 0.6 is 11.6 Å². The zero-order chi connectivity index (χ0) is 23.0. The molecule has 0 radical (unpaired) electrons. The summed E-state index contributed by atoms with van der Waals surface area (Å²) in [4.78, 5) is 27.9. The van der Waals surface area contributed by atoms with E-state index in [4.69, 9.17) is 11.6 Å². The minimum atomic E-state index is -0.469. The van der Waals surface area contributed by atoms with Gasteiger partial charge in [-0.1, -0.05) is 25.4 Å². The predicted octanol–water partition coefficient (Wildman–Crippen LogP) is 2.90. The average Bonchev–Trinajstić information content (AvgIpc) is 3.22. The average molecular weight is 451 g/mol. The summed E-state index contributed by atoms with van der Waals surface area (Å²) in [5.74, 6) is -1.32. The molecule has 0 fully saturated rings. The number of aryl methyl sites for hydroxylation is 2. The number of imide groups is 1. The molecule has 0 saturated heterocycles. The molecule has 164 valence electrons. The molecule has 3 heterocycles. The third-order valence-electron chi connectivity index (χ3n) is 5.37. The molecular formula is C24H23ClN4O3. The molecule has 32 heavy (non-hydrogen) atoms. The Morgan fingerprint density at radius 1 is 1.09 bits per heavy atom. The SMILES string of the molecule is CCCN1C(=O)C(c2c(CC)nn(-c3ccc(Cl)cc3)c2[O-])=C([n+]2cccc(C)c2)C1=O. The first kappa shape index (κ1) is 21.8. The van der Waals surface area contributed by atoms with Gasteiger partial charge in [0, 0.05) is 28.8 Å². The number of amides is 2. The molecule has 2 aromatic heterocycles. The number of hydrogen-bond acceptors (Lipinski definition) is 4. The van der Waals surface area contributed by atoms with Gasteiger partial charge in [0.2, 0.25) is 0 Å². The third-order valence-corrected chi connectivity index (χ3v) is 5.62. The van der Waals surface area contributed by atoms with Gasteiger partial charge in [0.05, 0.1) is 11.4 Å². The fourth-order valence-electron chi connectivity index (χ4n) is 3.89. The highest BCUT2D eigenvalue weighted by molar-refractivity contribution is 6.44. The minimum Gasteiger partial charge on any atom is -0.858 e. The summed E-state index contributed by atoms with van der Waals surface area (Å²) in [6.45, 7) is 5.94. The van der Waals surface area contributed by atoms with Crippen LogP contribution in [-0.4, -0.2) is 33.0 Å². The van der Waals surface area contributed by atoms with Crippen LogP contribution in [0.1, 0.15) is 37.1 Å². The van der Waals surface area contributed by atoms with Gasteiger partial charge in [0.15, 0.2) is 12.4 Å². The van der Waals surface area contributed by atoms with Gasteiger partial charge >= 0.3 is 5.91 Å². The van der Waals surface area contributed by atoms with E-state index < -0.39 is 17.7 Å². The van der Waals surface area contributed by atoms with E-state index in [1.165, 1.54) is 9.58 Å². The van der Waals surface area contributed by atoms with Gasteiger partial charge in [-0.2, -0.15) is 9.67 Å². The number of carbonyl (C=O) groups is 2. The Morgan fingerprint density at radius 2 is 1.81 bits per heavy atom. The molecule has 0 spiro atoms. The summed E-state index contributed by atoms with van der Waals surface area (Å²) in [5.41, 5.74) is 2.36. The lowest BCUT2D eigenvalue weighted by Gasteiger charge is -2.15. The van der Waals surface area contributed by atoms with E-state index in [-0.39, 0.29) is 23.4 Å². The number of halogens is 1. The molecule has 0 atom stereocenters. The van der Waals surface area contributed by atoms with Crippen molar-refractivity contribution in [3.05, 3.63) is 70.6 Å². The van der Waals surface area contributed by atoms with Crippen LogP contribution in [0.25, 0.3) is 17.0 Å². The fraction of sp³-hybridized carbons (Fsp3) is 0.250. The third kappa shape index (κ3) is 3.58. The van der Waals surface area contributed by atoms with Gasteiger partial charge in [-0.3, -0.25) is 14.5 Å². The number of nitrogens with zero attached hydrogens (tertiary/aromatic N) is 4. The van der Waals surface area contributed by atoms with Crippen molar-refractivity contribution in [2.45, 2.75) is 33.6 Å². The van der Waals surface area contributed by atoms with E-state index in [9.17, 15) is 14.7 Å². The van der Waals surface area contributed by atoms with Crippen molar-refractivity contribution >= 4 is 34.7 Å². The van der Waals surface area contributed by atoms with Gasteiger partial charge in [0.25, 0.3) is 11.6 Å². The van der Waals surface area contributed by atoms with Crippen molar-refractivity contribution in [1.82, 2.24) is 14.7 Å². The normalized spacial score (nSPS) is 14.1. The van der Waals surface area contributed by atoms with E-state index in [0.717, 1.165) is 5.56 Å². The Morgan fingerprint density at radius 3 is 2.44 bits per heavy atom. The molecule has 1 aliphatic rings. The maximum absolute atomic E-state index is 13.5. The Balaban J connectivity index is 1.98. The monoisotopic (exact) mass is 450 g/mol. The first-order chi connectivity index (χ1) is 15.4. The second-order valence-corrected chi connectivity index (χ2v) is 8.08. The molecule has 0 saturated carbocycles. The molecular weight excluding hydrogens is 428 g/mol. The molecule has 0 bridgehead atoms. The summed E-state index contributed by atoms with van der Waals surface area (Å²) in [6.07, 6.45) is 4.53. The molecule has 0 aliphatic carbocycles. The van der Waals surface area contributed by atoms with Crippen molar-refractivity contribution in [3.63, 3.8) is 0 Å². The molecule has 2 amide bonds. The van der Waals surface area contributed by atoms with E-state index in [1.54, 1.807) is 47.3 Å². The highest BCUT2D eigenvalue weighted by Gasteiger charge is 2.46. The van der Waals surface area contributed by atoms with E-state index >= 15 is 0 Å². The van der Waals surface area contributed by atoms with Crippen molar-refractivity contribution in [2.24, 2.45) is 0 Å². The molecule has 0 unspecified atom stereocenters. The topological polar surface area (TPSA) is 82.1 Å². The fourth-order valence-corrected chi connectivity index (χ4v) is 4.01. The molecule has 4 rings (SSSR count). The van der Waals surface area contributed by atoms with Gasteiger partial charge in [-0.15, -0.1) is 0 Å². The van der Waals surface area contributed by atoms with Crippen molar-refractivity contribution < 1.29 is 19.3 Å². The lowest BCUT2D eigenvalue weighted by atomic mass is 10.0. The first-order valence-corrected chi connectivity index (χ1v) is 10.9. The van der Waals surface area contributed by atoms with Crippen LogP contribution in [0.3, 0.4) is 0 Å². The zero-order valence-corrected chi connectivity index (χ0v) is 18.9. The molecule has 7 nitrogen and oxygen atoms in total. The van der Waals surface area contributed by atoms with E-state index in [1.807, 2.05) is 26.8 Å². The van der Waals surface area contributed by atoms with Gasteiger partial charge in [-0.25, -0.2) is 4.68 Å². The van der Waals surface area contributed by atoms with E-state index in [2.05, 4.69) is 5.10 Å². The minimum absolute atomic E-state index is 0.0983. The molecule has 8 heteroatoms. The van der Waals surface area contributed by atoms with Crippen LogP contribution in [0.2, 0.25) is 5.02 Å². The summed E-state index contributed by atoms with van der Waals surface area (Å²) in [5, 5.41) is 18.5. The van der Waals surface area contributed by atoms with Crippen molar-refractivity contribution in [1.29, 1.82) is 0 Å². The summed E-state index contributed by atoms with van der Waals surface area (Å²) in [6, 6.07) is 10.4. The smallest absolute Gasteiger partial charge is 0.326 e. The first-order valence-electron chi connectivity index (χ1n) is 10.5. The maximum atomic E-state index is 13.5. The number of hydrogen-bond donors (Lipinski definition) is 0. The summed E-state index contributed by atoms with van der Waals surface area (Å²) in [7, 11) is 0. The van der Waals surface area contributed by atoms with Crippen LogP contribution in [0.15, 0.2) is 48.8 Å². The van der Waals surface area contributed by atoms with Crippen molar-refractivity contribution in [3.8, 4) is 11.6 Å². The maximum Gasteiger partial charge on any atom is 0.326 e. The molecule has 0 N–H and O–H groups in total. The number of pyridine rings is 1. The van der Waals surface area contributed by atoms with Gasteiger partial charge in [0.1, 0.15) is 5.57 Å². The van der Waals surface area contributed by atoms with Crippen LogP contribution in [0.4, 0.5) is 0 Å². The lowest BCUT2D eigenvalue weighted by Crippen LogP contribution is -2.40. The van der Waals surface area contributed by atoms with E-state index in [0.29, 0.717) is 29.2 Å². The predicted molar refractivity (Wildman–Crippen MR) is 119 cm³/mol. The Bertz CT molecular complexity index is 1240. The second-order valence-electron chi connectivity index (χ2n) is 7.64.